The Morgan fingerprint density at radius 1 is 1.10 bits per heavy atom. The predicted octanol–water partition coefficient (Wildman–Crippen LogP) is 2.16. The Morgan fingerprint density at radius 2 is 1.73 bits per heavy atom. The molecular weight excluding hydrogens is 409 g/mol. The van der Waals surface area contributed by atoms with Crippen molar-refractivity contribution in [3.63, 3.8) is 0 Å². The average molecular weight is 436 g/mol. The fraction of sp³-hybridized carbons (Fsp3) is 0.381. The highest BCUT2D eigenvalue weighted by molar-refractivity contribution is 7.88. The van der Waals surface area contributed by atoms with Crippen LogP contribution in [0.1, 0.15) is 18.0 Å². The fourth-order valence-corrected chi connectivity index (χ4v) is 4.27. The van der Waals surface area contributed by atoms with Crippen LogP contribution in [0.25, 0.3) is 0 Å². The predicted molar refractivity (Wildman–Crippen MR) is 114 cm³/mol. The summed E-state index contributed by atoms with van der Waals surface area (Å²) in [6, 6.07) is 12.8. The quantitative estimate of drug-likeness (QED) is 0.721. The van der Waals surface area contributed by atoms with Crippen LogP contribution in [0.2, 0.25) is 0 Å². The molecule has 0 saturated carbocycles. The lowest BCUT2D eigenvalue weighted by Gasteiger charge is -2.36. The highest BCUT2D eigenvalue weighted by atomic mass is 32.2. The number of halogens is 1. The largest absolute Gasteiger partial charge is 0.497 e. The van der Waals surface area contributed by atoms with Gasteiger partial charge in [-0.2, -0.15) is 0 Å². The molecule has 1 aliphatic rings. The lowest BCUT2D eigenvalue weighted by molar-refractivity contribution is -0.132. The molecule has 1 heterocycles. The van der Waals surface area contributed by atoms with E-state index in [2.05, 4.69) is 4.72 Å². The van der Waals surface area contributed by atoms with Gasteiger partial charge in [-0.05, 0) is 29.8 Å². The van der Waals surface area contributed by atoms with Gasteiger partial charge < -0.3 is 14.5 Å². The smallest absolute Gasteiger partial charge is 0.224 e. The van der Waals surface area contributed by atoms with Crippen molar-refractivity contribution in [1.29, 1.82) is 0 Å². The minimum Gasteiger partial charge on any atom is -0.497 e. The maximum atomic E-state index is 14.0. The summed E-state index contributed by atoms with van der Waals surface area (Å²) in [7, 11) is -1.97. The Hall–Kier alpha value is -2.65. The van der Waals surface area contributed by atoms with Gasteiger partial charge in [0.25, 0.3) is 0 Å². The SMILES string of the molecule is COc1ccc([C@@H](CC(=O)N2CCN(c3ccccc3F)CC2)NS(C)(=O)=O)cc1. The zero-order chi connectivity index (χ0) is 21.7. The van der Waals surface area contributed by atoms with Crippen LogP contribution in [0.3, 0.4) is 0 Å². The molecule has 0 aliphatic carbocycles. The molecule has 7 nitrogen and oxygen atoms in total. The molecule has 0 spiro atoms. The molecule has 1 saturated heterocycles. The van der Waals surface area contributed by atoms with Gasteiger partial charge in [-0.25, -0.2) is 17.5 Å². The average Bonchev–Trinajstić information content (AvgIpc) is 2.73. The Kier molecular flexibility index (Phi) is 6.94. The Bertz CT molecular complexity index is 974. The van der Waals surface area contributed by atoms with Crippen LogP contribution in [0.4, 0.5) is 10.1 Å². The number of piperazine rings is 1. The molecule has 1 N–H and O–H groups in total. The summed E-state index contributed by atoms with van der Waals surface area (Å²) in [5.74, 6) is 0.210. The van der Waals surface area contributed by atoms with E-state index in [-0.39, 0.29) is 18.1 Å². The summed E-state index contributed by atoms with van der Waals surface area (Å²) in [5.41, 5.74) is 1.21. The second kappa shape index (κ2) is 9.44. The van der Waals surface area contributed by atoms with E-state index in [1.54, 1.807) is 54.5 Å². The van der Waals surface area contributed by atoms with E-state index >= 15 is 0 Å². The van der Waals surface area contributed by atoms with Gasteiger partial charge in [0.1, 0.15) is 11.6 Å². The standard InChI is InChI=1S/C21H26FN3O4S/c1-29-17-9-7-16(8-10-17)19(23-30(2,27)28)15-21(26)25-13-11-24(12-14-25)20-6-4-3-5-18(20)22/h3-10,19,23H,11-15H2,1-2H3/t19-/m1/s1. The van der Waals surface area contributed by atoms with Crippen molar-refractivity contribution < 1.29 is 22.3 Å². The molecule has 0 aromatic heterocycles. The fourth-order valence-electron chi connectivity index (χ4n) is 3.53. The first-order valence-corrected chi connectivity index (χ1v) is 11.5. The Labute approximate surface area is 176 Å². The summed E-state index contributed by atoms with van der Waals surface area (Å²) in [6.45, 7) is 1.92. The molecule has 1 fully saturated rings. The maximum absolute atomic E-state index is 14.0. The number of sulfonamides is 1. The number of carbonyl (C=O) groups is 1. The van der Waals surface area contributed by atoms with Crippen molar-refractivity contribution in [2.24, 2.45) is 0 Å². The van der Waals surface area contributed by atoms with Crippen molar-refractivity contribution in [2.75, 3.05) is 44.4 Å². The van der Waals surface area contributed by atoms with Crippen molar-refractivity contribution >= 4 is 21.6 Å². The first-order valence-electron chi connectivity index (χ1n) is 9.65. The van der Waals surface area contributed by atoms with Crippen LogP contribution in [0.5, 0.6) is 5.75 Å². The van der Waals surface area contributed by atoms with Gasteiger partial charge >= 0.3 is 0 Å². The zero-order valence-corrected chi connectivity index (χ0v) is 17.9. The minimum atomic E-state index is -3.51. The summed E-state index contributed by atoms with van der Waals surface area (Å²) in [6.07, 6.45) is 1.07. The highest BCUT2D eigenvalue weighted by Gasteiger charge is 2.26. The van der Waals surface area contributed by atoms with E-state index in [1.807, 2.05) is 4.90 Å². The van der Waals surface area contributed by atoms with Gasteiger partial charge in [0, 0.05) is 32.6 Å². The molecular formula is C21H26FN3O4S. The van der Waals surface area contributed by atoms with Gasteiger partial charge in [-0.3, -0.25) is 4.79 Å². The summed E-state index contributed by atoms with van der Waals surface area (Å²) in [4.78, 5) is 16.5. The maximum Gasteiger partial charge on any atom is 0.224 e. The number of anilines is 1. The Morgan fingerprint density at radius 3 is 2.30 bits per heavy atom. The highest BCUT2D eigenvalue weighted by Crippen LogP contribution is 2.24. The molecule has 0 bridgehead atoms. The van der Waals surface area contributed by atoms with Crippen LogP contribution in [0, 0.1) is 5.82 Å². The number of carbonyl (C=O) groups excluding carboxylic acids is 1. The molecule has 3 rings (SSSR count). The number of nitrogens with one attached hydrogen (secondary N) is 1. The second-order valence-electron chi connectivity index (χ2n) is 7.24. The number of nitrogens with zero attached hydrogens (tertiary/aromatic N) is 2. The lowest BCUT2D eigenvalue weighted by atomic mass is 10.0. The van der Waals surface area contributed by atoms with Gasteiger partial charge in [-0.15, -0.1) is 0 Å². The van der Waals surface area contributed by atoms with Crippen molar-refractivity contribution in [1.82, 2.24) is 9.62 Å². The third kappa shape index (κ3) is 5.70. The van der Waals surface area contributed by atoms with Crippen LogP contribution in [-0.2, 0) is 14.8 Å². The van der Waals surface area contributed by atoms with Crippen LogP contribution >= 0.6 is 0 Å². The second-order valence-corrected chi connectivity index (χ2v) is 9.02. The van der Waals surface area contributed by atoms with E-state index in [0.717, 1.165) is 6.26 Å². The summed E-state index contributed by atoms with van der Waals surface area (Å²) < 4.78 is 45.3. The molecule has 30 heavy (non-hydrogen) atoms. The normalized spacial score (nSPS) is 15.7. The zero-order valence-electron chi connectivity index (χ0n) is 17.0. The molecule has 162 valence electrons. The van der Waals surface area contributed by atoms with Crippen LogP contribution in [0.15, 0.2) is 48.5 Å². The third-order valence-corrected chi connectivity index (χ3v) is 5.79. The number of hydrogen-bond acceptors (Lipinski definition) is 5. The molecule has 0 radical (unpaired) electrons. The molecule has 9 heteroatoms. The first-order chi connectivity index (χ1) is 14.3. The lowest BCUT2D eigenvalue weighted by Crippen LogP contribution is -2.49. The number of amides is 1. The monoisotopic (exact) mass is 435 g/mol. The van der Waals surface area contributed by atoms with Crippen LogP contribution < -0.4 is 14.4 Å². The van der Waals surface area contributed by atoms with E-state index < -0.39 is 16.1 Å². The van der Waals surface area contributed by atoms with E-state index in [1.165, 1.54) is 6.07 Å². The number of hydrogen-bond donors (Lipinski definition) is 1. The van der Waals surface area contributed by atoms with Crippen molar-refractivity contribution in [3.8, 4) is 5.75 Å². The van der Waals surface area contributed by atoms with Crippen molar-refractivity contribution in [3.05, 3.63) is 59.9 Å². The molecule has 0 unspecified atom stereocenters. The summed E-state index contributed by atoms with van der Waals surface area (Å²) in [5, 5.41) is 0. The Balaban J connectivity index is 1.66. The van der Waals surface area contributed by atoms with Gasteiger partial charge in [0.2, 0.25) is 15.9 Å². The van der Waals surface area contributed by atoms with Crippen LogP contribution in [-0.4, -0.2) is 58.8 Å². The van der Waals surface area contributed by atoms with Gasteiger partial charge in [0.05, 0.1) is 25.1 Å². The molecule has 1 atom stereocenters. The topological polar surface area (TPSA) is 79.0 Å². The van der Waals surface area contributed by atoms with E-state index in [0.29, 0.717) is 43.2 Å². The van der Waals surface area contributed by atoms with Crippen molar-refractivity contribution in [2.45, 2.75) is 12.5 Å². The minimum absolute atomic E-state index is 0.000896. The summed E-state index contributed by atoms with van der Waals surface area (Å²) >= 11 is 0. The molecule has 2 aromatic carbocycles. The first kappa shape index (κ1) is 22.0. The number of methoxy groups -OCH3 is 1. The van der Waals surface area contributed by atoms with E-state index in [4.69, 9.17) is 4.74 Å². The number of rotatable bonds is 7. The van der Waals surface area contributed by atoms with Gasteiger partial charge in [-0.1, -0.05) is 24.3 Å². The third-order valence-electron chi connectivity index (χ3n) is 5.08. The number of ether oxygens (including phenoxy) is 1. The number of benzene rings is 2. The molecule has 1 aliphatic heterocycles. The van der Waals surface area contributed by atoms with E-state index in [9.17, 15) is 17.6 Å². The molecule has 1 amide bonds. The molecule has 2 aromatic rings. The van der Waals surface area contributed by atoms with Gasteiger partial charge in [0.15, 0.2) is 0 Å². The number of para-hydroxylation sites is 1.